The molecule has 2 aromatic heterocycles. The maximum atomic E-state index is 4.82. The number of allylic oxidation sites excluding steroid dienone is 1. The molecule has 158 valence electrons. The molecule has 1 aliphatic rings. The molecule has 1 N–H and O–H groups in total. The second kappa shape index (κ2) is 8.82. The highest BCUT2D eigenvalue weighted by Gasteiger charge is 2.22. The molecule has 0 saturated carbocycles. The second-order valence-electron chi connectivity index (χ2n) is 8.78. The van der Waals surface area contributed by atoms with Crippen molar-refractivity contribution in [1.29, 1.82) is 0 Å². The van der Waals surface area contributed by atoms with E-state index in [0.29, 0.717) is 11.8 Å². The molecule has 1 saturated heterocycles. The summed E-state index contributed by atoms with van der Waals surface area (Å²) < 4.78 is 1.82. The highest BCUT2D eigenvalue weighted by molar-refractivity contribution is 7.80. The van der Waals surface area contributed by atoms with Gasteiger partial charge in [0.25, 0.3) is 0 Å². The van der Waals surface area contributed by atoms with E-state index < -0.39 is 0 Å². The van der Waals surface area contributed by atoms with Gasteiger partial charge in [0.1, 0.15) is 5.82 Å². The summed E-state index contributed by atoms with van der Waals surface area (Å²) in [5, 5.41) is 9.91. The van der Waals surface area contributed by atoms with Crippen LogP contribution in [0, 0.1) is 11.8 Å². The van der Waals surface area contributed by atoms with Gasteiger partial charge in [-0.1, -0.05) is 32.6 Å². The van der Waals surface area contributed by atoms with Crippen molar-refractivity contribution in [3.05, 3.63) is 49.1 Å². The fourth-order valence-corrected chi connectivity index (χ4v) is 4.58. The summed E-state index contributed by atoms with van der Waals surface area (Å²) in [6, 6.07) is 6.35. The molecule has 0 atom stereocenters. The topological polar surface area (TPSA) is 46.0 Å². The number of likely N-dealkylation sites (tertiary alicyclic amines) is 1. The van der Waals surface area contributed by atoms with Gasteiger partial charge in [-0.05, 0) is 43.5 Å². The molecule has 5 nitrogen and oxygen atoms in total. The van der Waals surface area contributed by atoms with Crippen molar-refractivity contribution in [1.82, 2.24) is 19.7 Å². The minimum Gasteiger partial charge on any atom is -0.343 e. The Hall–Kier alpha value is -2.31. The number of hydrogen-bond donors (Lipinski definition) is 2. The van der Waals surface area contributed by atoms with E-state index in [2.05, 4.69) is 58.9 Å². The summed E-state index contributed by atoms with van der Waals surface area (Å²) in [7, 11) is 1.93. The van der Waals surface area contributed by atoms with E-state index in [1.807, 2.05) is 30.3 Å². The van der Waals surface area contributed by atoms with Crippen LogP contribution in [0.3, 0.4) is 0 Å². The average molecular weight is 422 g/mol. The van der Waals surface area contributed by atoms with E-state index in [1.165, 1.54) is 6.54 Å². The zero-order valence-electron chi connectivity index (χ0n) is 18.1. The molecule has 1 aliphatic heterocycles. The molecule has 3 aromatic rings. The lowest BCUT2D eigenvalue weighted by Crippen LogP contribution is -2.37. The first kappa shape index (κ1) is 20.9. The molecule has 30 heavy (non-hydrogen) atoms. The average Bonchev–Trinajstić information content (AvgIpc) is 3.16. The summed E-state index contributed by atoms with van der Waals surface area (Å²) >= 11 is 4.82. The second-order valence-corrected chi connectivity index (χ2v) is 9.23. The predicted octanol–water partition coefficient (Wildman–Crippen LogP) is 5.22. The van der Waals surface area contributed by atoms with E-state index in [0.717, 1.165) is 64.2 Å². The monoisotopic (exact) mass is 421 g/mol. The molecule has 1 fully saturated rings. The van der Waals surface area contributed by atoms with Gasteiger partial charge in [-0.2, -0.15) is 5.10 Å². The molecule has 0 spiro atoms. The Morgan fingerprint density at radius 3 is 2.67 bits per heavy atom. The lowest BCUT2D eigenvalue weighted by molar-refractivity contribution is 0.181. The van der Waals surface area contributed by atoms with Crippen molar-refractivity contribution in [2.45, 2.75) is 31.6 Å². The minimum absolute atomic E-state index is 0.473. The Morgan fingerprint density at radius 1 is 1.23 bits per heavy atom. The van der Waals surface area contributed by atoms with Crippen LogP contribution in [-0.2, 0) is 7.05 Å². The number of aromatic nitrogens is 3. The molecule has 0 radical (unpaired) electrons. The Bertz CT molecular complexity index is 1050. The first-order valence-electron chi connectivity index (χ1n) is 10.7. The number of nitrogens with one attached hydrogen (secondary N) is 1. The van der Waals surface area contributed by atoms with Gasteiger partial charge in [-0.25, -0.2) is 4.98 Å². The summed E-state index contributed by atoms with van der Waals surface area (Å²) in [5.74, 6) is 1.97. The zero-order chi connectivity index (χ0) is 21.3. The van der Waals surface area contributed by atoms with Crippen molar-refractivity contribution < 1.29 is 0 Å². The summed E-state index contributed by atoms with van der Waals surface area (Å²) in [4.78, 5) is 8.05. The van der Waals surface area contributed by atoms with E-state index in [1.54, 1.807) is 0 Å². The molecule has 0 bridgehead atoms. The van der Waals surface area contributed by atoms with Gasteiger partial charge in [0.05, 0.1) is 11.1 Å². The van der Waals surface area contributed by atoms with E-state index in [9.17, 15) is 0 Å². The van der Waals surface area contributed by atoms with Gasteiger partial charge in [-0.15, -0.1) is 12.6 Å². The fraction of sp³-hybridized carbons (Fsp3) is 0.417. The number of thiol groups is 1. The van der Waals surface area contributed by atoms with Crippen molar-refractivity contribution in [3.63, 3.8) is 0 Å². The van der Waals surface area contributed by atoms with Crippen LogP contribution in [0.2, 0.25) is 0 Å². The van der Waals surface area contributed by atoms with Gasteiger partial charge in [0.2, 0.25) is 0 Å². The lowest BCUT2D eigenvalue weighted by atomic mass is 9.93. The van der Waals surface area contributed by atoms with Crippen LogP contribution in [0.25, 0.3) is 21.9 Å². The third-order valence-electron chi connectivity index (χ3n) is 5.89. The van der Waals surface area contributed by atoms with Crippen LogP contribution >= 0.6 is 12.6 Å². The molecular formula is C24H31N5S. The number of rotatable bonds is 6. The van der Waals surface area contributed by atoms with Gasteiger partial charge in [-0.3, -0.25) is 4.68 Å². The van der Waals surface area contributed by atoms with Crippen molar-refractivity contribution in [3.8, 4) is 11.1 Å². The number of aryl methyl sites for hydroxylation is 1. The summed E-state index contributed by atoms with van der Waals surface area (Å²) in [6.07, 6.45) is 8.09. The van der Waals surface area contributed by atoms with Crippen LogP contribution in [0.15, 0.2) is 54.0 Å². The van der Waals surface area contributed by atoms with Gasteiger partial charge >= 0.3 is 0 Å². The smallest absolute Gasteiger partial charge is 0.144 e. The van der Waals surface area contributed by atoms with Crippen molar-refractivity contribution in [2.75, 3.05) is 25.0 Å². The molecule has 0 aliphatic carbocycles. The Morgan fingerprint density at radius 2 is 2.00 bits per heavy atom. The Kier molecular flexibility index (Phi) is 6.16. The van der Waals surface area contributed by atoms with Crippen LogP contribution in [0.5, 0.6) is 0 Å². The summed E-state index contributed by atoms with van der Waals surface area (Å²) in [5.41, 5.74) is 3.26. The molecule has 1 aromatic carbocycles. The SMILES string of the molecule is C=C(Nc1ncc2ccc(-c3cnn(C)c3)cc2c1S)C1CCN(CC(C)C)CC1. The highest BCUT2D eigenvalue weighted by Crippen LogP contribution is 2.33. The third-order valence-corrected chi connectivity index (χ3v) is 6.34. The zero-order valence-corrected chi connectivity index (χ0v) is 19.0. The Labute approximate surface area is 184 Å². The molecule has 6 heteroatoms. The third kappa shape index (κ3) is 4.55. The number of anilines is 1. The fourth-order valence-electron chi connectivity index (χ4n) is 4.27. The maximum absolute atomic E-state index is 4.82. The number of fused-ring (bicyclic) bond motifs is 1. The molecule has 4 rings (SSSR count). The Balaban J connectivity index is 1.50. The number of benzene rings is 1. The standard InChI is InChI=1S/C24H31N5S/c1-16(2)14-29-9-7-18(8-10-29)17(3)27-24-23(30)22-11-19(5-6-20(22)12-25-24)21-13-26-28(4)15-21/h5-6,11-13,15-16,18,30H,3,7-10,14H2,1-2,4H3,(H,25,27). The molecule has 0 unspecified atom stereocenters. The van der Waals surface area contributed by atoms with Gasteiger partial charge < -0.3 is 10.2 Å². The van der Waals surface area contributed by atoms with E-state index in [-0.39, 0.29) is 0 Å². The maximum Gasteiger partial charge on any atom is 0.144 e. The van der Waals surface area contributed by atoms with Crippen molar-refractivity contribution >= 4 is 29.2 Å². The highest BCUT2D eigenvalue weighted by atomic mass is 32.1. The van der Waals surface area contributed by atoms with E-state index >= 15 is 0 Å². The first-order valence-corrected chi connectivity index (χ1v) is 11.1. The number of nitrogens with zero attached hydrogens (tertiary/aromatic N) is 4. The largest absolute Gasteiger partial charge is 0.343 e. The minimum atomic E-state index is 0.473. The number of pyridine rings is 1. The van der Waals surface area contributed by atoms with Crippen LogP contribution in [0.1, 0.15) is 26.7 Å². The normalized spacial score (nSPS) is 15.8. The van der Waals surface area contributed by atoms with Gasteiger partial charge in [0.15, 0.2) is 0 Å². The summed E-state index contributed by atoms with van der Waals surface area (Å²) in [6.45, 7) is 12.4. The number of piperidine rings is 1. The molecule has 0 amide bonds. The van der Waals surface area contributed by atoms with Gasteiger partial charge in [0, 0.05) is 53.9 Å². The van der Waals surface area contributed by atoms with Crippen LogP contribution < -0.4 is 5.32 Å². The van der Waals surface area contributed by atoms with Crippen LogP contribution in [0.4, 0.5) is 5.82 Å². The lowest BCUT2D eigenvalue weighted by Gasteiger charge is -2.34. The molecular weight excluding hydrogens is 390 g/mol. The molecule has 3 heterocycles. The number of hydrogen-bond acceptors (Lipinski definition) is 5. The van der Waals surface area contributed by atoms with Crippen molar-refractivity contribution in [2.24, 2.45) is 18.9 Å². The van der Waals surface area contributed by atoms with Crippen LogP contribution in [-0.4, -0.2) is 39.3 Å². The predicted molar refractivity (Wildman–Crippen MR) is 128 cm³/mol. The van der Waals surface area contributed by atoms with E-state index in [4.69, 9.17) is 12.6 Å². The quantitative estimate of drug-likeness (QED) is 0.536. The first-order chi connectivity index (χ1) is 14.4.